The van der Waals surface area contributed by atoms with Gasteiger partial charge < -0.3 is 9.64 Å². The first-order chi connectivity index (χ1) is 7.16. The van der Waals surface area contributed by atoms with E-state index in [1.807, 2.05) is 0 Å². The van der Waals surface area contributed by atoms with Gasteiger partial charge in [-0.25, -0.2) is 0 Å². The molecule has 2 saturated heterocycles. The first-order valence-corrected chi connectivity index (χ1v) is 6.21. The van der Waals surface area contributed by atoms with E-state index in [0.29, 0.717) is 12.0 Å². The van der Waals surface area contributed by atoms with Crippen LogP contribution in [0.3, 0.4) is 0 Å². The topological polar surface area (TPSA) is 15.7 Å². The van der Waals surface area contributed by atoms with Gasteiger partial charge in [0.25, 0.3) is 0 Å². The van der Waals surface area contributed by atoms with Gasteiger partial charge >= 0.3 is 0 Å². The summed E-state index contributed by atoms with van der Waals surface area (Å²) in [6, 6.07) is 0.778. The van der Waals surface area contributed by atoms with E-state index in [-0.39, 0.29) is 0 Å². The fourth-order valence-corrected chi connectivity index (χ4v) is 2.64. The van der Waals surface area contributed by atoms with Crippen LogP contribution in [-0.2, 0) is 4.74 Å². The molecule has 3 heteroatoms. The van der Waals surface area contributed by atoms with Gasteiger partial charge in [-0.2, -0.15) is 0 Å². The molecular weight excluding hydrogens is 188 g/mol. The van der Waals surface area contributed by atoms with E-state index in [4.69, 9.17) is 4.74 Å². The summed E-state index contributed by atoms with van der Waals surface area (Å²) in [5, 5.41) is 0. The maximum absolute atomic E-state index is 5.80. The SMILES string of the molecule is CC(C)C1CN(C2CCN(C)C2)CCO1. The maximum Gasteiger partial charge on any atom is 0.0725 e. The third kappa shape index (κ3) is 2.71. The van der Waals surface area contributed by atoms with Crippen LogP contribution in [0.1, 0.15) is 20.3 Å². The lowest BCUT2D eigenvalue weighted by atomic mass is 10.0. The summed E-state index contributed by atoms with van der Waals surface area (Å²) in [6.07, 6.45) is 1.78. The van der Waals surface area contributed by atoms with Gasteiger partial charge in [-0.05, 0) is 25.9 Å². The fourth-order valence-electron chi connectivity index (χ4n) is 2.64. The highest BCUT2D eigenvalue weighted by Crippen LogP contribution is 2.20. The molecule has 2 aliphatic rings. The predicted octanol–water partition coefficient (Wildman–Crippen LogP) is 1.05. The van der Waals surface area contributed by atoms with Crippen LogP contribution in [0.25, 0.3) is 0 Å². The molecule has 2 heterocycles. The zero-order valence-electron chi connectivity index (χ0n) is 10.3. The monoisotopic (exact) mass is 212 g/mol. The fraction of sp³-hybridized carbons (Fsp3) is 1.00. The van der Waals surface area contributed by atoms with Crippen LogP contribution in [0.4, 0.5) is 0 Å². The van der Waals surface area contributed by atoms with Crippen molar-refractivity contribution in [3.63, 3.8) is 0 Å². The lowest BCUT2D eigenvalue weighted by Gasteiger charge is -2.38. The van der Waals surface area contributed by atoms with E-state index >= 15 is 0 Å². The molecule has 0 saturated carbocycles. The van der Waals surface area contributed by atoms with Gasteiger partial charge in [0.05, 0.1) is 12.7 Å². The molecule has 2 fully saturated rings. The van der Waals surface area contributed by atoms with Crippen molar-refractivity contribution in [2.24, 2.45) is 5.92 Å². The number of ether oxygens (including phenoxy) is 1. The van der Waals surface area contributed by atoms with Crippen molar-refractivity contribution in [1.29, 1.82) is 0 Å². The summed E-state index contributed by atoms with van der Waals surface area (Å²) < 4.78 is 5.80. The average Bonchev–Trinajstić information content (AvgIpc) is 2.65. The first kappa shape index (κ1) is 11.4. The van der Waals surface area contributed by atoms with Crippen LogP contribution in [0.15, 0.2) is 0 Å². The Hall–Kier alpha value is -0.120. The molecule has 2 atom stereocenters. The van der Waals surface area contributed by atoms with Crippen molar-refractivity contribution >= 4 is 0 Å². The van der Waals surface area contributed by atoms with Crippen molar-refractivity contribution < 1.29 is 4.74 Å². The van der Waals surface area contributed by atoms with E-state index in [9.17, 15) is 0 Å². The third-order valence-electron chi connectivity index (χ3n) is 3.75. The number of likely N-dealkylation sites (tertiary alicyclic amines) is 1. The first-order valence-electron chi connectivity index (χ1n) is 6.21. The van der Waals surface area contributed by atoms with E-state index in [0.717, 1.165) is 25.7 Å². The maximum atomic E-state index is 5.80. The van der Waals surface area contributed by atoms with Gasteiger partial charge in [-0.1, -0.05) is 13.8 Å². The standard InChI is InChI=1S/C12H24N2O/c1-10(2)12-9-14(6-7-15-12)11-4-5-13(3)8-11/h10-12H,4-9H2,1-3H3. The van der Waals surface area contributed by atoms with Gasteiger partial charge in [-0.3, -0.25) is 4.90 Å². The highest BCUT2D eigenvalue weighted by molar-refractivity contribution is 4.85. The number of likely N-dealkylation sites (N-methyl/N-ethyl adjacent to an activating group) is 1. The summed E-state index contributed by atoms with van der Waals surface area (Å²) in [5.74, 6) is 0.645. The molecule has 0 aromatic rings. The molecule has 0 amide bonds. The minimum Gasteiger partial charge on any atom is -0.375 e. The Kier molecular flexibility index (Phi) is 3.65. The predicted molar refractivity (Wildman–Crippen MR) is 62.1 cm³/mol. The van der Waals surface area contributed by atoms with Gasteiger partial charge in [0.2, 0.25) is 0 Å². The summed E-state index contributed by atoms with van der Waals surface area (Å²) in [7, 11) is 2.22. The molecular formula is C12H24N2O. The van der Waals surface area contributed by atoms with Crippen molar-refractivity contribution in [1.82, 2.24) is 9.80 Å². The highest BCUT2D eigenvalue weighted by atomic mass is 16.5. The number of rotatable bonds is 2. The van der Waals surface area contributed by atoms with Crippen LogP contribution in [0.2, 0.25) is 0 Å². The van der Waals surface area contributed by atoms with Crippen molar-refractivity contribution in [2.45, 2.75) is 32.4 Å². The number of morpholine rings is 1. The summed E-state index contributed by atoms with van der Waals surface area (Å²) in [5.41, 5.74) is 0. The Labute approximate surface area is 93.4 Å². The van der Waals surface area contributed by atoms with Crippen LogP contribution in [-0.4, -0.2) is 61.8 Å². The van der Waals surface area contributed by atoms with Gasteiger partial charge in [-0.15, -0.1) is 0 Å². The Balaban J connectivity index is 1.87. The average molecular weight is 212 g/mol. The van der Waals surface area contributed by atoms with E-state index in [1.165, 1.54) is 19.5 Å². The zero-order chi connectivity index (χ0) is 10.8. The normalized spacial score (nSPS) is 35.2. The molecule has 0 aromatic heterocycles. The van der Waals surface area contributed by atoms with Gasteiger partial charge in [0.15, 0.2) is 0 Å². The molecule has 2 aliphatic heterocycles. The summed E-state index contributed by atoms with van der Waals surface area (Å²) >= 11 is 0. The second kappa shape index (κ2) is 4.81. The number of nitrogens with zero attached hydrogens (tertiary/aromatic N) is 2. The molecule has 0 radical (unpaired) electrons. The molecule has 0 spiro atoms. The molecule has 2 unspecified atom stereocenters. The molecule has 88 valence electrons. The van der Waals surface area contributed by atoms with E-state index < -0.39 is 0 Å². The summed E-state index contributed by atoms with van der Waals surface area (Å²) in [4.78, 5) is 5.07. The molecule has 0 bridgehead atoms. The minimum atomic E-state index is 0.449. The third-order valence-corrected chi connectivity index (χ3v) is 3.75. The van der Waals surface area contributed by atoms with Crippen molar-refractivity contribution in [3.8, 4) is 0 Å². The van der Waals surface area contributed by atoms with Crippen LogP contribution in [0, 0.1) is 5.92 Å². The highest BCUT2D eigenvalue weighted by Gasteiger charge is 2.31. The molecule has 0 aliphatic carbocycles. The van der Waals surface area contributed by atoms with Crippen LogP contribution >= 0.6 is 0 Å². The zero-order valence-corrected chi connectivity index (χ0v) is 10.3. The minimum absolute atomic E-state index is 0.449. The van der Waals surface area contributed by atoms with Crippen LogP contribution < -0.4 is 0 Å². The largest absolute Gasteiger partial charge is 0.375 e. The second-order valence-corrected chi connectivity index (χ2v) is 5.35. The van der Waals surface area contributed by atoms with Gasteiger partial charge in [0, 0.05) is 25.7 Å². The molecule has 15 heavy (non-hydrogen) atoms. The second-order valence-electron chi connectivity index (χ2n) is 5.35. The molecule has 0 aromatic carbocycles. The van der Waals surface area contributed by atoms with Crippen LogP contribution in [0.5, 0.6) is 0 Å². The number of hydrogen-bond acceptors (Lipinski definition) is 3. The molecule has 3 nitrogen and oxygen atoms in total. The van der Waals surface area contributed by atoms with Crippen molar-refractivity contribution in [2.75, 3.05) is 39.8 Å². The lowest BCUT2D eigenvalue weighted by molar-refractivity contribution is -0.0617. The molecule has 0 N–H and O–H groups in total. The quantitative estimate of drug-likeness (QED) is 0.680. The Morgan fingerprint density at radius 2 is 2.00 bits per heavy atom. The van der Waals surface area contributed by atoms with E-state index in [1.54, 1.807) is 0 Å². The number of hydrogen-bond donors (Lipinski definition) is 0. The Morgan fingerprint density at radius 1 is 1.20 bits per heavy atom. The lowest BCUT2D eigenvalue weighted by Crippen LogP contribution is -2.49. The molecule has 2 rings (SSSR count). The van der Waals surface area contributed by atoms with E-state index in [2.05, 4.69) is 30.7 Å². The Bertz CT molecular complexity index is 208. The van der Waals surface area contributed by atoms with Gasteiger partial charge in [0.1, 0.15) is 0 Å². The smallest absolute Gasteiger partial charge is 0.0725 e. The Morgan fingerprint density at radius 3 is 2.60 bits per heavy atom. The van der Waals surface area contributed by atoms with Crippen molar-refractivity contribution in [3.05, 3.63) is 0 Å². The summed E-state index contributed by atoms with van der Waals surface area (Å²) in [6.45, 7) is 10.2.